The summed E-state index contributed by atoms with van der Waals surface area (Å²) in [4.78, 5) is 31.4. The van der Waals surface area contributed by atoms with E-state index in [1.165, 1.54) is 23.5 Å². The number of benzene rings is 1. The van der Waals surface area contributed by atoms with Gasteiger partial charge < -0.3 is 14.7 Å². The maximum atomic E-state index is 12.4. The average Bonchev–Trinajstić information content (AvgIpc) is 3.02. The molecule has 0 radical (unpaired) electrons. The summed E-state index contributed by atoms with van der Waals surface area (Å²) in [5.74, 6) is -1.25. The maximum Gasteiger partial charge on any atom is 0.281 e. The number of ether oxygens (including phenoxy) is 1. The van der Waals surface area contributed by atoms with Gasteiger partial charge in [0.25, 0.3) is 11.8 Å². The molecule has 138 valence electrons. The molecule has 3 N–H and O–H groups in total. The molecule has 1 aliphatic heterocycles. The molecule has 0 spiro atoms. The van der Waals surface area contributed by atoms with E-state index in [-0.39, 0.29) is 11.3 Å². The molecule has 8 nitrogen and oxygen atoms in total. The molecule has 1 aromatic heterocycles. The van der Waals surface area contributed by atoms with Crippen LogP contribution in [0.4, 0.5) is 5.13 Å². The third kappa shape index (κ3) is 4.14. The lowest BCUT2D eigenvalue weighted by molar-refractivity contribution is 0.0846. The van der Waals surface area contributed by atoms with Crippen LogP contribution in [0.1, 0.15) is 25.7 Å². The first-order valence-electron chi connectivity index (χ1n) is 7.85. The first kappa shape index (κ1) is 18.6. The number of anilines is 1. The molecule has 0 saturated carbocycles. The second-order valence-corrected chi connectivity index (χ2v) is 7.47. The van der Waals surface area contributed by atoms with Crippen molar-refractivity contribution < 1.29 is 19.4 Å². The molecule has 1 aliphatic rings. The minimum atomic E-state index is -0.612. The Hall–Kier alpha value is -2.17. The first-order chi connectivity index (χ1) is 12.5. The number of rotatable bonds is 3. The fourth-order valence-corrected chi connectivity index (χ4v) is 3.78. The van der Waals surface area contributed by atoms with Crippen LogP contribution < -0.4 is 15.8 Å². The van der Waals surface area contributed by atoms with Crippen molar-refractivity contribution in [2.75, 3.05) is 31.2 Å². The molecule has 2 amide bonds. The highest BCUT2D eigenvalue weighted by Gasteiger charge is 2.21. The number of aromatic hydroxyl groups is 1. The summed E-state index contributed by atoms with van der Waals surface area (Å²) in [5, 5.41) is 10.6. The molecule has 0 atom stereocenters. The molecule has 2 aromatic rings. The van der Waals surface area contributed by atoms with Gasteiger partial charge in [-0.05, 0) is 25.1 Å². The number of halogens is 1. The number of carbonyl (C=O) groups is 2. The molecule has 0 unspecified atom stereocenters. The van der Waals surface area contributed by atoms with Gasteiger partial charge in [-0.1, -0.05) is 27.3 Å². The van der Waals surface area contributed by atoms with Gasteiger partial charge in [-0.15, -0.1) is 0 Å². The first-order valence-corrected chi connectivity index (χ1v) is 9.46. The molecule has 1 fully saturated rings. The number of morpholine rings is 1. The highest BCUT2D eigenvalue weighted by atomic mass is 79.9. The maximum absolute atomic E-state index is 12.4. The van der Waals surface area contributed by atoms with Crippen LogP contribution >= 0.6 is 27.3 Å². The molecular weight excluding hydrogens is 424 g/mol. The number of hydrogen-bond acceptors (Lipinski definition) is 7. The van der Waals surface area contributed by atoms with Crippen molar-refractivity contribution in [3.8, 4) is 5.75 Å². The second kappa shape index (κ2) is 8.02. The third-order valence-electron chi connectivity index (χ3n) is 3.77. The van der Waals surface area contributed by atoms with Gasteiger partial charge in [-0.25, -0.2) is 4.98 Å². The number of aryl methyl sites for hydroxylation is 1. The summed E-state index contributed by atoms with van der Waals surface area (Å²) in [6.45, 7) is 4.47. The number of hydrazine groups is 1. The van der Waals surface area contributed by atoms with E-state index in [1.54, 1.807) is 13.0 Å². The molecule has 10 heteroatoms. The van der Waals surface area contributed by atoms with Gasteiger partial charge in [0, 0.05) is 17.6 Å². The minimum absolute atomic E-state index is 0.0588. The number of hydrogen-bond donors (Lipinski definition) is 3. The Labute approximate surface area is 162 Å². The largest absolute Gasteiger partial charge is 0.507 e. The summed E-state index contributed by atoms with van der Waals surface area (Å²) in [5.41, 5.74) is 5.32. The molecule has 26 heavy (non-hydrogen) atoms. The lowest BCUT2D eigenvalue weighted by Gasteiger charge is -2.25. The number of thiazole rings is 1. The van der Waals surface area contributed by atoms with Crippen molar-refractivity contribution in [3.05, 3.63) is 38.8 Å². The Bertz CT molecular complexity index is 836. The number of aromatic nitrogens is 1. The predicted octanol–water partition coefficient (Wildman–Crippen LogP) is 1.83. The van der Waals surface area contributed by atoms with Crippen molar-refractivity contribution >= 4 is 44.2 Å². The van der Waals surface area contributed by atoms with Gasteiger partial charge in [0.1, 0.15) is 10.6 Å². The molecule has 1 saturated heterocycles. The zero-order valence-electron chi connectivity index (χ0n) is 13.9. The van der Waals surface area contributed by atoms with Crippen LogP contribution in [0.5, 0.6) is 5.75 Å². The minimum Gasteiger partial charge on any atom is -0.507 e. The lowest BCUT2D eigenvalue weighted by Crippen LogP contribution is -2.41. The average molecular weight is 441 g/mol. The van der Waals surface area contributed by atoms with Crippen molar-refractivity contribution in [2.45, 2.75) is 6.92 Å². The van der Waals surface area contributed by atoms with Crippen molar-refractivity contribution in [2.24, 2.45) is 0 Å². The van der Waals surface area contributed by atoms with Gasteiger partial charge >= 0.3 is 0 Å². The van der Waals surface area contributed by atoms with Crippen molar-refractivity contribution in [1.29, 1.82) is 0 Å². The summed E-state index contributed by atoms with van der Waals surface area (Å²) in [6, 6.07) is 4.48. The summed E-state index contributed by atoms with van der Waals surface area (Å²) >= 11 is 4.47. The Morgan fingerprint density at radius 3 is 2.65 bits per heavy atom. The number of nitrogens with zero attached hydrogens (tertiary/aromatic N) is 2. The second-order valence-electron chi connectivity index (χ2n) is 5.58. The number of phenolic OH excluding ortho intramolecular Hbond substituents is 1. The number of nitrogens with one attached hydrogen (secondary N) is 2. The van der Waals surface area contributed by atoms with E-state index in [0.717, 1.165) is 18.2 Å². The Morgan fingerprint density at radius 1 is 1.27 bits per heavy atom. The van der Waals surface area contributed by atoms with Gasteiger partial charge in [0.05, 0.1) is 24.5 Å². The van der Waals surface area contributed by atoms with Gasteiger partial charge in [0.2, 0.25) is 0 Å². The van der Waals surface area contributed by atoms with Gasteiger partial charge in [0.15, 0.2) is 5.13 Å². The standard InChI is InChI=1S/C16H17BrN4O4S/c1-9-13(26-16(18-9)21-4-6-25-7-5-21)15(24)20-19-14(23)11-3-2-10(17)8-12(11)22/h2-3,8,22H,4-7H2,1H3,(H,19,23)(H,20,24). The lowest BCUT2D eigenvalue weighted by atomic mass is 10.2. The number of carbonyl (C=O) groups excluding carboxylic acids is 2. The fraction of sp³-hybridized carbons (Fsp3) is 0.312. The zero-order chi connectivity index (χ0) is 18.7. The highest BCUT2D eigenvalue weighted by molar-refractivity contribution is 9.10. The molecule has 3 rings (SSSR count). The Kier molecular flexibility index (Phi) is 5.74. The zero-order valence-corrected chi connectivity index (χ0v) is 16.3. The molecule has 1 aromatic carbocycles. The van der Waals surface area contributed by atoms with Gasteiger partial charge in [-0.3, -0.25) is 20.4 Å². The van der Waals surface area contributed by atoms with Crippen molar-refractivity contribution in [3.63, 3.8) is 0 Å². The van der Waals surface area contributed by atoms with E-state index in [1.807, 2.05) is 0 Å². The topological polar surface area (TPSA) is 104 Å². The Balaban J connectivity index is 1.64. The fourth-order valence-electron chi connectivity index (χ4n) is 2.42. The van der Waals surface area contributed by atoms with Gasteiger partial charge in [-0.2, -0.15) is 0 Å². The quantitative estimate of drug-likeness (QED) is 0.628. The van der Waals surface area contributed by atoms with Crippen LogP contribution in [0.25, 0.3) is 0 Å². The monoisotopic (exact) mass is 440 g/mol. The normalized spacial score (nSPS) is 14.2. The predicted molar refractivity (Wildman–Crippen MR) is 101 cm³/mol. The van der Waals surface area contributed by atoms with Crippen LogP contribution in [-0.2, 0) is 4.74 Å². The molecule has 0 aliphatic carbocycles. The van der Waals surface area contributed by atoms with Crippen LogP contribution in [0.2, 0.25) is 0 Å². The van der Waals surface area contributed by atoms with E-state index < -0.39 is 11.8 Å². The summed E-state index contributed by atoms with van der Waals surface area (Å²) < 4.78 is 5.96. The summed E-state index contributed by atoms with van der Waals surface area (Å²) in [7, 11) is 0. The van der Waals surface area contributed by atoms with E-state index in [9.17, 15) is 14.7 Å². The smallest absolute Gasteiger partial charge is 0.281 e. The van der Waals surface area contributed by atoms with Crippen LogP contribution in [0.15, 0.2) is 22.7 Å². The van der Waals surface area contributed by atoms with E-state index in [0.29, 0.717) is 28.3 Å². The number of amides is 2. The van der Waals surface area contributed by atoms with E-state index >= 15 is 0 Å². The van der Waals surface area contributed by atoms with Crippen LogP contribution in [0.3, 0.4) is 0 Å². The summed E-state index contributed by atoms with van der Waals surface area (Å²) in [6.07, 6.45) is 0. The van der Waals surface area contributed by atoms with Crippen LogP contribution in [-0.4, -0.2) is 48.2 Å². The van der Waals surface area contributed by atoms with Crippen molar-refractivity contribution in [1.82, 2.24) is 15.8 Å². The Morgan fingerprint density at radius 2 is 1.96 bits per heavy atom. The highest BCUT2D eigenvalue weighted by Crippen LogP contribution is 2.26. The SMILES string of the molecule is Cc1nc(N2CCOCC2)sc1C(=O)NNC(=O)c1ccc(Br)cc1O. The number of phenols is 1. The molecule has 0 bridgehead atoms. The third-order valence-corrected chi connectivity index (χ3v) is 5.48. The van der Waals surface area contributed by atoms with E-state index in [4.69, 9.17) is 4.74 Å². The molecule has 2 heterocycles. The molecular formula is C16H17BrN4O4S. The van der Waals surface area contributed by atoms with E-state index in [2.05, 4.69) is 36.7 Å². The van der Waals surface area contributed by atoms with Crippen LogP contribution in [0, 0.1) is 6.92 Å².